The van der Waals surface area contributed by atoms with Crippen molar-refractivity contribution < 1.29 is 65.4 Å². The van der Waals surface area contributed by atoms with Crippen LogP contribution in [0.1, 0.15) is 16.7 Å². The minimum Gasteiger partial charge on any atom is -0.312 e. The molecule has 12 heavy (non-hydrogen) atoms. The average molecular weight is 375 g/mol. The van der Waals surface area contributed by atoms with E-state index < -0.39 is 0 Å². The van der Waals surface area contributed by atoms with Crippen LogP contribution in [0.4, 0.5) is 0 Å². The van der Waals surface area contributed by atoms with Crippen molar-refractivity contribution in [3.8, 4) is 0 Å². The van der Waals surface area contributed by atoms with Crippen molar-refractivity contribution in [3.63, 3.8) is 0 Å². The summed E-state index contributed by atoms with van der Waals surface area (Å²) < 4.78 is 1.02. The number of halogens is 1. The molecule has 0 aliphatic rings. The zero-order valence-corrected chi connectivity index (χ0v) is 14.8. The Balaban J connectivity index is 0. The Labute approximate surface area is 133 Å². The third kappa shape index (κ3) is 4.42. The number of rotatable bonds is 0. The summed E-state index contributed by atoms with van der Waals surface area (Å²) in [5.41, 5.74) is 3.47. The summed E-state index contributed by atoms with van der Waals surface area (Å²) in [6.07, 6.45) is 0. The Hall–Kier alpha value is 1.91. The summed E-state index contributed by atoms with van der Waals surface area (Å²) in [6.45, 7) is 6.11. The molecule has 0 nitrogen and oxygen atoms in total. The van der Waals surface area contributed by atoms with Crippen molar-refractivity contribution in [1.82, 2.24) is 0 Å². The van der Waals surface area contributed by atoms with Gasteiger partial charge in [0.15, 0.2) is 0 Å². The van der Waals surface area contributed by atoms with Gasteiger partial charge in [-0.25, -0.2) is 4.47 Å². The van der Waals surface area contributed by atoms with Crippen LogP contribution in [-0.4, -0.2) is 0 Å². The number of benzene rings is 1. The SMILES string of the molecule is Cc1[c-]c(C)c(Br)[c-]c1C.[Y].[Y]. The van der Waals surface area contributed by atoms with Gasteiger partial charge in [0.2, 0.25) is 0 Å². The molecule has 0 aliphatic carbocycles. The van der Waals surface area contributed by atoms with Gasteiger partial charge in [-0.3, -0.25) is 16.7 Å². The van der Waals surface area contributed by atoms with E-state index in [-0.39, 0.29) is 65.4 Å². The maximum absolute atomic E-state index is 3.39. The largest absolute Gasteiger partial charge is 0.312 e. The van der Waals surface area contributed by atoms with E-state index in [1.54, 1.807) is 0 Å². The molecule has 0 amide bonds. The van der Waals surface area contributed by atoms with Crippen LogP contribution in [0.25, 0.3) is 0 Å². The van der Waals surface area contributed by atoms with E-state index in [0.717, 1.165) is 15.6 Å². The van der Waals surface area contributed by atoms with Crippen molar-refractivity contribution in [2.45, 2.75) is 20.8 Å². The molecule has 0 heterocycles. The number of hydrogen-bond donors (Lipinski definition) is 0. The van der Waals surface area contributed by atoms with Gasteiger partial charge in [0.25, 0.3) is 0 Å². The first kappa shape index (κ1) is 16.3. The molecule has 0 aromatic heterocycles. The third-order valence-corrected chi connectivity index (χ3v) is 2.36. The van der Waals surface area contributed by atoms with Crippen LogP contribution in [0.15, 0.2) is 4.47 Å². The predicted octanol–water partition coefficient (Wildman–Crippen LogP) is 2.97. The maximum atomic E-state index is 3.39. The van der Waals surface area contributed by atoms with Gasteiger partial charge in [0, 0.05) is 65.4 Å². The summed E-state index contributed by atoms with van der Waals surface area (Å²) in [4.78, 5) is 0. The standard InChI is InChI=1S/C9H9Br.2Y/c1-6-4-8(3)9(10)5-7(6)2;;/h1-3H3;;/q-2;;. The fraction of sp³-hybridized carbons (Fsp3) is 0.333. The first-order valence-corrected chi connectivity index (χ1v) is 3.98. The minimum absolute atomic E-state index is 0. The molecule has 2 radical (unpaired) electrons. The van der Waals surface area contributed by atoms with E-state index in [0.29, 0.717) is 0 Å². The third-order valence-electron chi connectivity index (χ3n) is 1.56. The van der Waals surface area contributed by atoms with Crippen LogP contribution < -0.4 is 0 Å². The molecular weight excluding hydrogens is 366 g/mol. The van der Waals surface area contributed by atoms with Gasteiger partial charge in [-0.05, 0) is 0 Å². The molecule has 1 aromatic carbocycles. The zero-order chi connectivity index (χ0) is 7.72. The van der Waals surface area contributed by atoms with E-state index in [1.165, 1.54) is 5.56 Å². The van der Waals surface area contributed by atoms with Gasteiger partial charge in [-0.2, -0.15) is 15.9 Å². The maximum Gasteiger partial charge on any atom is 0 e. The van der Waals surface area contributed by atoms with Crippen LogP contribution in [-0.2, 0) is 65.4 Å². The Morgan fingerprint density at radius 1 is 0.833 bits per heavy atom. The second-order valence-corrected chi connectivity index (χ2v) is 3.23. The first-order chi connectivity index (χ1) is 4.61. The first-order valence-electron chi connectivity index (χ1n) is 3.19. The smallest absolute Gasteiger partial charge is 0 e. The molecule has 0 bridgehead atoms. The summed E-state index contributed by atoms with van der Waals surface area (Å²) in [5.74, 6) is 0. The second kappa shape index (κ2) is 7.23. The second-order valence-electron chi connectivity index (χ2n) is 2.44. The molecule has 0 aliphatic heterocycles. The molecule has 0 saturated carbocycles. The molecule has 0 N–H and O–H groups in total. The van der Waals surface area contributed by atoms with Crippen molar-refractivity contribution in [2.24, 2.45) is 0 Å². The topological polar surface area (TPSA) is 0 Å². The summed E-state index contributed by atoms with van der Waals surface area (Å²) in [5, 5.41) is 0. The summed E-state index contributed by atoms with van der Waals surface area (Å²) in [6, 6.07) is 6.42. The van der Waals surface area contributed by atoms with E-state index >= 15 is 0 Å². The molecule has 3 heteroatoms. The number of hydrogen-bond acceptors (Lipinski definition) is 0. The molecule has 0 spiro atoms. The molecule has 0 fully saturated rings. The van der Waals surface area contributed by atoms with Crippen molar-refractivity contribution in [2.75, 3.05) is 0 Å². The number of aryl methyl sites for hydroxylation is 3. The minimum atomic E-state index is 0. The molecule has 0 atom stereocenters. The Bertz CT molecular complexity index is 209. The van der Waals surface area contributed by atoms with E-state index in [1.807, 2.05) is 20.8 Å². The van der Waals surface area contributed by atoms with Crippen LogP contribution in [0.5, 0.6) is 0 Å². The zero-order valence-electron chi connectivity index (χ0n) is 7.53. The van der Waals surface area contributed by atoms with Crippen LogP contribution >= 0.6 is 15.9 Å². The molecule has 60 valence electrons. The van der Waals surface area contributed by atoms with Crippen LogP contribution in [0.2, 0.25) is 0 Å². The Kier molecular flexibility index (Phi) is 9.85. The van der Waals surface area contributed by atoms with Gasteiger partial charge in [0.05, 0.1) is 0 Å². The van der Waals surface area contributed by atoms with Gasteiger partial charge in [0.1, 0.15) is 0 Å². The molecule has 1 rings (SSSR count). The average Bonchev–Trinajstić information content (AvgIpc) is 1.84. The van der Waals surface area contributed by atoms with Gasteiger partial charge < -0.3 is 12.1 Å². The normalized spacial score (nSPS) is 8.33. The van der Waals surface area contributed by atoms with Gasteiger partial charge >= 0.3 is 0 Å². The fourth-order valence-electron chi connectivity index (χ4n) is 0.782. The van der Waals surface area contributed by atoms with Crippen molar-refractivity contribution in [3.05, 3.63) is 33.3 Å². The van der Waals surface area contributed by atoms with E-state index in [2.05, 4.69) is 28.1 Å². The van der Waals surface area contributed by atoms with E-state index in [9.17, 15) is 0 Å². The molecule has 0 saturated heterocycles. The monoisotopic (exact) mass is 374 g/mol. The van der Waals surface area contributed by atoms with Gasteiger partial charge in [-0.15, -0.1) is 20.8 Å². The summed E-state index contributed by atoms with van der Waals surface area (Å²) in [7, 11) is 0. The van der Waals surface area contributed by atoms with Crippen LogP contribution in [0.3, 0.4) is 0 Å². The van der Waals surface area contributed by atoms with E-state index in [4.69, 9.17) is 0 Å². The molecular formula is C9H9BrY2-2. The summed E-state index contributed by atoms with van der Waals surface area (Å²) >= 11 is 3.39. The quantitative estimate of drug-likeness (QED) is 0.612. The van der Waals surface area contributed by atoms with Crippen molar-refractivity contribution in [1.29, 1.82) is 0 Å². The van der Waals surface area contributed by atoms with Crippen molar-refractivity contribution >= 4 is 15.9 Å². The predicted molar refractivity (Wildman–Crippen MR) is 46.0 cm³/mol. The van der Waals surface area contributed by atoms with Gasteiger partial charge in [-0.1, -0.05) is 0 Å². The van der Waals surface area contributed by atoms with Crippen LogP contribution in [0, 0.1) is 32.9 Å². The Morgan fingerprint density at radius 3 is 1.67 bits per heavy atom. The molecule has 1 aromatic rings. The fourth-order valence-corrected chi connectivity index (χ4v) is 1.18. The Morgan fingerprint density at radius 2 is 1.25 bits per heavy atom. The molecule has 0 unspecified atom stereocenters.